The van der Waals surface area contributed by atoms with E-state index in [2.05, 4.69) is 32.9 Å². The molecule has 9 heavy (non-hydrogen) atoms. The van der Waals surface area contributed by atoms with Gasteiger partial charge in [0.2, 0.25) is 0 Å². The number of rotatable bonds is 1. The summed E-state index contributed by atoms with van der Waals surface area (Å²) in [5.74, 6) is 0. The molecule has 0 amide bonds. The van der Waals surface area contributed by atoms with Gasteiger partial charge in [0.1, 0.15) is 0 Å². The van der Waals surface area contributed by atoms with Crippen molar-refractivity contribution in [1.82, 2.24) is 0 Å². The SMILES string of the molecule is C/[C]=C/C=CC(C)(C)C. The molecule has 0 aliphatic rings. The molecule has 0 N–H and O–H groups in total. The lowest BCUT2D eigenvalue weighted by Crippen LogP contribution is -1.97. The molecule has 0 bridgehead atoms. The van der Waals surface area contributed by atoms with E-state index in [1.807, 2.05) is 19.1 Å². The van der Waals surface area contributed by atoms with Crippen LogP contribution in [0, 0.1) is 11.5 Å². The molecular weight excluding hydrogens is 108 g/mol. The highest BCUT2D eigenvalue weighted by Gasteiger charge is 2.01. The molecule has 0 aliphatic heterocycles. The van der Waals surface area contributed by atoms with Gasteiger partial charge >= 0.3 is 0 Å². The monoisotopic (exact) mass is 123 g/mol. The van der Waals surface area contributed by atoms with Crippen LogP contribution in [0.3, 0.4) is 0 Å². The van der Waals surface area contributed by atoms with Crippen molar-refractivity contribution in [2.24, 2.45) is 5.41 Å². The van der Waals surface area contributed by atoms with Crippen LogP contribution in [0.5, 0.6) is 0 Å². The highest BCUT2D eigenvalue weighted by atomic mass is 14.1. The zero-order chi connectivity index (χ0) is 7.33. The maximum atomic E-state index is 2.93. The smallest absolute Gasteiger partial charge is 0.0200 e. The van der Waals surface area contributed by atoms with Crippen molar-refractivity contribution in [3.8, 4) is 0 Å². The maximum Gasteiger partial charge on any atom is -0.0200 e. The van der Waals surface area contributed by atoms with E-state index in [1.54, 1.807) is 0 Å². The summed E-state index contributed by atoms with van der Waals surface area (Å²) in [7, 11) is 0. The van der Waals surface area contributed by atoms with Gasteiger partial charge in [-0.05, 0) is 18.4 Å². The normalized spacial score (nSPS) is 13.8. The molecule has 0 rings (SSSR count). The average Bonchev–Trinajstić information content (AvgIpc) is 1.63. The predicted molar refractivity (Wildman–Crippen MR) is 42.1 cm³/mol. The zero-order valence-electron chi connectivity index (χ0n) is 6.73. The van der Waals surface area contributed by atoms with Crippen LogP contribution in [0.25, 0.3) is 0 Å². The molecule has 0 aromatic heterocycles. The summed E-state index contributed by atoms with van der Waals surface area (Å²) in [6, 6.07) is 0. The van der Waals surface area contributed by atoms with Gasteiger partial charge in [-0.15, -0.1) is 0 Å². The second kappa shape index (κ2) is 3.49. The third-order valence-corrected chi connectivity index (χ3v) is 0.859. The lowest BCUT2D eigenvalue weighted by Gasteiger charge is -2.09. The van der Waals surface area contributed by atoms with Gasteiger partial charge in [-0.1, -0.05) is 39.0 Å². The van der Waals surface area contributed by atoms with Gasteiger partial charge in [-0.2, -0.15) is 0 Å². The van der Waals surface area contributed by atoms with Gasteiger partial charge in [0.15, 0.2) is 0 Å². The van der Waals surface area contributed by atoms with E-state index in [0.29, 0.717) is 5.41 Å². The van der Waals surface area contributed by atoms with Gasteiger partial charge in [0.25, 0.3) is 0 Å². The van der Waals surface area contributed by atoms with Crippen LogP contribution in [-0.2, 0) is 0 Å². The lowest BCUT2D eigenvalue weighted by atomic mass is 9.96. The molecular formula is C9H15. The van der Waals surface area contributed by atoms with E-state index in [9.17, 15) is 0 Å². The first-order valence-electron chi connectivity index (χ1n) is 3.24. The minimum absolute atomic E-state index is 0.299. The molecule has 0 saturated carbocycles. The third-order valence-electron chi connectivity index (χ3n) is 0.859. The molecule has 0 unspecified atom stereocenters. The Balaban J connectivity index is 3.71. The highest BCUT2D eigenvalue weighted by molar-refractivity contribution is 5.02. The van der Waals surface area contributed by atoms with E-state index < -0.39 is 0 Å². The summed E-state index contributed by atoms with van der Waals surface area (Å²) in [5, 5.41) is 0. The Morgan fingerprint density at radius 3 is 2.11 bits per heavy atom. The van der Waals surface area contributed by atoms with Gasteiger partial charge < -0.3 is 0 Å². The molecule has 0 fully saturated rings. The predicted octanol–water partition coefficient (Wildman–Crippen LogP) is 2.97. The van der Waals surface area contributed by atoms with E-state index in [4.69, 9.17) is 0 Å². The van der Waals surface area contributed by atoms with E-state index in [0.717, 1.165) is 0 Å². The summed E-state index contributed by atoms with van der Waals surface area (Å²) in [6.45, 7) is 8.42. The summed E-state index contributed by atoms with van der Waals surface area (Å²) < 4.78 is 0. The fourth-order valence-corrected chi connectivity index (χ4v) is 0.433. The fraction of sp³-hybridized carbons (Fsp3) is 0.556. The van der Waals surface area contributed by atoms with Crippen molar-refractivity contribution in [3.05, 3.63) is 24.3 Å². The van der Waals surface area contributed by atoms with Gasteiger partial charge in [-0.25, -0.2) is 0 Å². The summed E-state index contributed by atoms with van der Waals surface area (Å²) in [5.41, 5.74) is 0.299. The second-order valence-corrected chi connectivity index (χ2v) is 3.18. The Hall–Kier alpha value is -0.520. The van der Waals surface area contributed by atoms with Crippen molar-refractivity contribution >= 4 is 0 Å². The molecule has 0 spiro atoms. The van der Waals surface area contributed by atoms with Crippen molar-refractivity contribution < 1.29 is 0 Å². The highest BCUT2D eigenvalue weighted by Crippen LogP contribution is 2.13. The number of hydrogen-bond acceptors (Lipinski definition) is 0. The van der Waals surface area contributed by atoms with Crippen LogP contribution >= 0.6 is 0 Å². The Labute approximate surface area is 58.3 Å². The van der Waals surface area contributed by atoms with Crippen LogP contribution in [0.2, 0.25) is 0 Å². The van der Waals surface area contributed by atoms with Gasteiger partial charge in [0, 0.05) is 0 Å². The van der Waals surface area contributed by atoms with Crippen LogP contribution in [0.4, 0.5) is 0 Å². The molecule has 0 saturated heterocycles. The fourth-order valence-electron chi connectivity index (χ4n) is 0.433. The first kappa shape index (κ1) is 8.48. The van der Waals surface area contributed by atoms with E-state index in [1.165, 1.54) is 0 Å². The maximum absolute atomic E-state index is 2.93. The van der Waals surface area contributed by atoms with E-state index >= 15 is 0 Å². The van der Waals surface area contributed by atoms with Crippen LogP contribution < -0.4 is 0 Å². The minimum Gasteiger partial charge on any atom is -0.0791 e. The summed E-state index contributed by atoms with van der Waals surface area (Å²) >= 11 is 0. The molecule has 51 valence electrons. The Bertz CT molecular complexity index is 110. The summed E-state index contributed by atoms with van der Waals surface area (Å²) in [6.07, 6.45) is 9.03. The molecule has 0 aromatic rings. The molecule has 1 radical (unpaired) electrons. The van der Waals surface area contributed by atoms with Crippen LogP contribution in [0.15, 0.2) is 18.2 Å². The topological polar surface area (TPSA) is 0 Å². The van der Waals surface area contributed by atoms with Crippen molar-refractivity contribution in [2.75, 3.05) is 0 Å². The molecule has 0 heteroatoms. The summed E-state index contributed by atoms with van der Waals surface area (Å²) in [4.78, 5) is 0. The number of allylic oxidation sites excluding steroid dienone is 4. The second-order valence-electron chi connectivity index (χ2n) is 3.18. The van der Waals surface area contributed by atoms with E-state index in [-0.39, 0.29) is 0 Å². The molecule has 0 nitrogen and oxygen atoms in total. The van der Waals surface area contributed by atoms with Crippen molar-refractivity contribution in [3.63, 3.8) is 0 Å². The lowest BCUT2D eigenvalue weighted by molar-refractivity contribution is 0.544. The van der Waals surface area contributed by atoms with Crippen LogP contribution in [-0.4, -0.2) is 0 Å². The van der Waals surface area contributed by atoms with Gasteiger partial charge in [0.05, 0.1) is 0 Å². The Morgan fingerprint density at radius 2 is 1.78 bits per heavy atom. The molecule has 0 aliphatic carbocycles. The average molecular weight is 123 g/mol. The first-order valence-corrected chi connectivity index (χ1v) is 3.24. The van der Waals surface area contributed by atoms with Crippen molar-refractivity contribution in [2.45, 2.75) is 27.7 Å². The molecule has 0 atom stereocenters. The first-order chi connectivity index (χ1) is 4.06. The molecule has 0 heterocycles. The quantitative estimate of drug-likeness (QED) is 0.470. The molecule has 0 aromatic carbocycles. The third kappa shape index (κ3) is 7.48. The Kier molecular flexibility index (Phi) is 3.29. The standard InChI is InChI=1S/C9H15/c1-5-6-7-8-9(2,3)4/h6-8H,1-4H3. The van der Waals surface area contributed by atoms with Crippen molar-refractivity contribution in [1.29, 1.82) is 0 Å². The zero-order valence-corrected chi connectivity index (χ0v) is 6.73. The number of hydrogen-bond donors (Lipinski definition) is 0. The van der Waals surface area contributed by atoms with Crippen LogP contribution in [0.1, 0.15) is 27.7 Å². The van der Waals surface area contributed by atoms with Gasteiger partial charge in [-0.3, -0.25) is 0 Å². The largest absolute Gasteiger partial charge is 0.0791 e. The minimum atomic E-state index is 0.299. The Morgan fingerprint density at radius 1 is 1.22 bits per heavy atom.